The molecule has 1 aliphatic carbocycles. The fraction of sp³-hybridized carbons (Fsp3) is 0.500. The van der Waals surface area contributed by atoms with Crippen molar-refractivity contribution in [3.05, 3.63) is 35.4 Å². The Morgan fingerprint density at radius 3 is 2.83 bits per heavy atom. The highest BCUT2D eigenvalue weighted by Gasteiger charge is 2.42. The molecule has 1 unspecified atom stereocenters. The van der Waals surface area contributed by atoms with Gasteiger partial charge in [0.15, 0.2) is 0 Å². The smallest absolute Gasteiger partial charge is 0.305 e. The zero-order valence-electron chi connectivity index (χ0n) is 10.6. The summed E-state index contributed by atoms with van der Waals surface area (Å²) in [6.45, 7) is 0. The van der Waals surface area contributed by atoms with Gasteiger partial charge in [-0.2, -0.15) is 0 Å². The monoisotopic (exact) mass is 249 g/mol. The van der Waals surface area contributed by atoms with Crippen molar-refractivity contribution in [2.24, 2.45) is 5.73 Å². The highest BCUT2D eigenvalue weighted by molar-refractivity contribution is 5.67. The molecular formula is C14H19NO3. The van der Waals surface area contributed by atoms with E-state index in [2.05, 4.69) is 0 Å². The lowest BCUT2D eigenvalue weighted by Gasteiger charge is -2.15. The number of hydrogen-bond acceptors (Lipinski definition) is 3. The molecule has 0 amide bonds. The van der Waals surface area contributed by atoms with Crippen LogP contribution in [-0.4, -0.2) is 23.8 Å². The predicted molar refractivity (Wildman–Crippen MR) is 68.3 cm³/mol. The van der Waals surface area contributed by atoms with Crippen LogP contribution < -0.4 is 5.73 Å². The average Bonchev–Trinajstić information content (AvgIpc) is 3.09. The topological polar surface area (TPSA) is 72.5 Å². The molecule has 18 heavy (non-hydrogen) atoms. The third-order valence-corrected chi connectivity index (χ3v) is 3.54. The van der Waals surface area contributed by atoms with Gasteiger partial charge in [0.2, 0.25) is 0 Å². The van der Waals surface area contributed by atoms with E-state index in [1.54, 1.807) is 7.11 Å². The molecule has 0 aliphatic heterocycles. The van der Waals surface area contributed by atoms with Gasteiger partial charge in [-0.25, -0.2) is 0 Å². The van der Waals surface area contributed by atoms with E-state index >= 15 is 0 Å². The quantitative estimate of drug-likeness (QED) is 0.807. The van der Waals surface area contributed by atoms with Gasteiger partial charge in [-0.1, -0.05) is 24.3 Å². The lowest BCUT2D eigenvalue weighted by molar-refractivity contribution is -0.137. The molecule has 1 saturated carbocycles. The first-order valence-electron chi connectivity index (χ1n) is 6.16. The maximum absolute atomic E-state index is 10.7. The second-order valence-electron chi connectivity index (χ2n) is 5.01. The predicted octanol–water partition coefficient (Wildman–Crippen LogP) is 1.88. The Bertz CT molecular complexity index is 440. The molecule has 1 aromatic rings. The van der Waals surface area contributed by atoms with Crippen LogP contribution >= 0.6 is 0 Å². The van der Waals surface area contributed by atoms with Gasteiger partial charge >= 0.3 is 5.97 Å². The number of benzene rings is 1. The Labute approximate surface area is 107 Å². The molecule has 1 aromatic carbocycles. The number of methoxy groups -OCH3 is 1. The lowest BCUT2D eigenvalue weighted by atomic mass is 9.99. The standard InChI is InChI=1S/C14H19NO3/c1-18-14(5-6-14)9-10-3-2-4-11(7-10)12(15)8-13(16)17/h2-4,7,12H,5-6,8-9,15H2,1H3,(H,16,17). The number of carboxylic acid groups (broad SMARTS) is 1. The van der Waals surface area contributed by atoms with Gasteiger partial charge in [0.05, 0.1) is 12.0 Å². The normalized spacial score (nSPS) is 18.3. The Morgan fingerprint density at radius 1 is 1.56 bits per heavy atom. The molecule has 2 rings (SSSR count). The van der Waals surface area contributed by atoms with E-state index in [1.807, 2.05) is 24.3 Å². The Morgan fingerprint density at radius 2 is 2.28 bits per heavy atom. The first kappa shape index (κ1) is 13.1. The van der Waals surface area contributed by atoms with Gasteiger partial charge in [0.25, 0.3) is 0 Å². The average molecular weight is 249 g/mol. The molecular weight excluding hydrogens is 230 g/mol. The van der Waals surface area contributed by atoms with Gasteiger partial charge in [0.1, 0.15) is 0 Å². The number of rotatable bonds is 6. The van der Waals surface area contributed by atoms with Gasteiger partial charge < -0.3 is 15.6 Å². The van der Waals surface area contributed by atoms with Crippen molar-refractivity contribution in [3.8, 4) is 0 Å². The minimum Gasteiger partial charge on any atom is -0.481 e. The summed E-state index contributed by atoms with van der Waals surface area (Å²) in [6, 6.07) is 7.39. The molecule has 4 heteroatoms. The van der Waals surface area contributed by atoms with E-state index in [1.165, 1.54) is 0 Å². The van der Waals surface area contributed by atoms with E-state index in [-0.39, 0.29) is 12.0 Å². The summed E-state index contributed by atoms with van der Waals surface area (Å²) in [7, 11) is 1.74. The lowest BCUT2D eigenvalue weighted by Crippen LogP contribution is -2.17. The number of hydrogen-bond donors (Lipinski definition) is 2. The number of ether oxygens (including phenoxy) is 1. The van der Waals surface area contributed by atoms with Crippen LogP contribution in [0.2, 0.25) is 0 Å². The number of carboxylic acids is 1. The molecule has 3 N–H and O–H groups in total. The molecule has 0 saturated heterocycles. The van der Waals surface area contributed by atoms with Crippen molar-refractivity contribution in [2.45, 2.75) is 37.3 Å². The van der Waals surface area contributed by atoms with Gasteiger partial charge in [-0.3, -0.25) is 4.79 Å². The Balaban J connectivity index is 2.07. The van der Waals surface area contributed by atoms with E-state index in [9.17, 15) is 4.79 Å². The molecule has 98 valence electrons. The molecule has 1 aliphatic rings. The van der Waals surface area contributed by atoms with Crippen LogP contribution in [0.3, 0.4) is 0 Å². The summed E-state index contributed by atoms with van der Waals surface area (Å²) in [5.41, 5.74) is 7.91. The number of aliphatic carboxylic acids is 1. The van der Waals surface area contributed by atoms with Crippen LogP contribution in [0.1, 0.15) is 36.4 Å². The SMILES string of the molecule is COC1(Cc2cccc(C(N)CC(=O)O)c2)CC1. The summed E-state index contributed by atoms with van der Waals surface area (Å²) >= 11 is 0. The van der Waals surface area contributed by atoms with Gasteiger partial charge in [-0.05, 0) is 24.0 Å². The van der Waals surface area contributed by atoms with Crippen molar-refractivity contribution in [2.75, 3.05) is 7.11 Å². The summed E-state index contributed by atoms with van der Waals surface area (Å²) in [4.78, 5) is 10.7. The molecule has 1 atom stereocenters. The minimum atomic E-state index is -0.872. The summed E-state index contributed by atoms with van der Waals surface area (Å²) in [6.07, 6.45) is 3.01. The number of carbonyl (C=O) groups is 1. The van der Waals surface area contributed by atoms with Crippen LogP contribution in [-0.2, 0) is 16.0 Å². The second-order valence-corrected chi connectivity index (χ2v) is 5.01. The first-order chi connectivity index (χ1) is 8.54. The zero-order valence-corrected chi connectivity index (χ0v) is 10.6. The Kier molecular flexibility index (Phi) is 3.68. The fourth-order valence-corrected chi connectivity index (χ4v) is 2.20. The fourth-order valence-electron chi connectivity index (χ4n) is 2.20. The van der Waals surface area contributed by atoms with Crippen molar-refractivity contribution in [3.63, 3.8) is 0 Å². The third-order valence-electron chi connectivity index (χ3n) is 3.54. The Hall–Kier alpha value is -1.39. The second kappa shape index (κ2) is 5.08. The summed E-state index contributed by atoms with van der Waals surface area (Å²) < 4.78 is 5.49. The molecule has 1 fully saturated rings. The summed E-state index contributed by atoms with van der Waals surface area (Å²) in [5.74, 6) is -0.872. The molecule has 4 nitrogen and oxygen atoms in total. The summed E-state index contributed by atoms with van der Waals surface area (Å²) in [5, 5.41) is 8.75. The maximum atomic E-state index is 10.7. The van der Waals surface area contributed by atoms with Crippen molar-refractivity contribution >= 4 is 5.97 Å². The van der Waals surface area contributed by atoms with Crippen molar-refractivity contribution in [1.29, 1.82) is 0 Å². The van der Waals surface area contributed by atoms with Crippen LogP contribution in [0.5, 0.6) is 0 Å². The minimum absolute atomic E-state index is 0.00944. The number of nitrogens with two attached hydrogens (primary N) is 1. The largest absolute Gasteiger partial charge is 0.481 e. The van der Waals surface area contributed by atoms with Crippen molar-refractivity contribution < 1.29 is 14.6 Å². The van der Waals surface area contributed by atoms with E-state index in [0.29, 0.717) is 0 Å². The molecule has 0 radical (unpaired) electrons. The van der Waals surface area contributed by atoms with Crippen molar-refractivity contribution in [1.82, 2.24) is 0 Å². The zero-order chi connectivity index (χ0) is 13.2. The highest BCUT2D eigenvalue weighted by Crippen LogP contribution is 2.41. The van der Waals surface area contributed by atoms with Gasteiger partial charge in [0, 0.05) is 19.6 Å². The molecule has 0 aromatic heterocycles. The maximum Gasteiger partial charge on any atom is 0.305 e. The van der Waals surface area contributed by atoms with Crippen LogP contribution in [0.25, 0.3) is 0 Å². The van der Waals surface area contributed by atoms with Crippen LogP contribution in [0.15, 0.2) is 24.3 Å². The van der Waals surface area contributed by atoms with Crippen LogP contribution in [0.4, 0.5) is 0 Å². The molecule has 0 heterocycles. The van der Waals surface area contributed by atoms with E-state index < -0.39 is 12.0 Å². The highest BCUT2D eigenvalue weighted by atomic mass is 16.5. The third kappa shape index (κ3) is 3.09. The first-order valence-corrected chi connectivity index (χ1v) is 6.16. The molecule has 0 bridgehead atoms. The van der Waals surface area contributed by atoms with Crippen LogP contribution in [0, 0.1) is 0 Å². The van der Waals surface area contributed by atoms with E-state index in [0.717, 1.165) is 30.4 Å². The van der Waals surface area contributed by atoms with Gasteiger partial charge in [-0.15, -0.1) is 0 Å². The van der Waals surface area contributed by atoms with E-state index in [4.69, 9.17) is 15.6 Å². The molecule has 0 spiro atoms.